The van der Waals surface area contributed by atoms with E-state index >= 15 is 0 Å². The lowest BCUT2D eigenvalue weighted by atomic mass is 10.0. The number of hydroxylamine groups is 1. The number of quaternary nitrogens is 1. The number of para-hydroxylation sites is 1. The SMILES string of the molecule is Cc1ccc(S(=O)(=O)O[N+]2(c3ccc(F)cc3Cl)C(=O)N(C)c3cnc4ccc(-c5cnc6ccccc6c5)cc4c32)cc1. The number of aryl methyl sites for hydroxylation is 1. The highest BCUT2D eigenvalue weighted by Gasteiger charge is 2.61. The topological polar surface area (TPSA) is 89.5 Å². The Morgan fingerprint density at radius 2 is 1.61 bits per heavy atom. The Balaban J connectivity index is 1.53. The van der Waals surface area contributed by atoms with Crippen LogP contribution in [0.4, 0.5) is 26.2 Å². The van der Waals surface area contributed by atoms with Crippen molar-refractivity contribution in [3.8, 4) is 11.1 Å². The molecular formula is C33H23ClFN4O4S+. The van der Waals surface area contributed by atoms with Crippen molar-refractivity contribution in [2.75, 3.05) is 11.9 Å². The molecule has 11 heteroatoms. The molecule has 0 aliphatic carbocycles. The zero-order valence-electron chi connectivity index (χ0n) is 23.4. The van der Waals surface area contributed by atoms with Crippen LogP contribution in [0.25, 0.3) is 32.9 Å². The third-order valence-corrected chi connectivity index (χ3v) is 9.32. The molecule has 218 valence electrons. The van der Waals surface area contributed by atoms with E-state index in [0.717, 1.165) is 39.7 Å². The summed E-state index contributed by atoms with van der Waals surface area (Å²) in [5.41, 5.74) is 4.08. The molecule has 1 atom stereocenters. The van der Waals surface area contributed by atoms with Gasteiger partial charge >= 0.3 is 16.1 Å². The molecule has 8 nitrogen and oxygen atoms in total. The summed E-state index contributed by atoms with van der Waals surface area (Å²) in [6, 6.07) is 23.8. The summed E-state index contributed by atoms with van der Waals surface area (Å²) >= 11 is 6.58. The highest BCUT2D eigenvalue weighted by Crippen LogP contribution is 2.54. The molecule has 7 rings (SSSR count). The fraction of sp³-hybridized carbons (Fsp3) is 0.0606. The third kappa shape index (κ3) is 4.34. The van der Waals surface area contributed by atoms with E-state index in [2.05, 4.69) is 9.97 Å². The van der Waals surface area contributed by atoms with E-state index in [-0.39, 0.29) is 21.3 Å². The number of benzene rings is 4. The molecule has 1 aliphatic rings. The summed E-state index contributed by atoms with van der Waals surface area (Å²) in [6.45, 7) is 1.82. The van der Waals surface area contributed by atoms with Gasteiger partial charge in [-0.05, 0) is 69.9 Å². The van der Waals surface area contributed by atoms with Crippen LogP contribution in [-0.4, -0.2) is 31.5 Å². The van der Waals surface area contributed by atoms with Gasteiger partial charge in [-0.3, -0.25) is 14.9 Å². The summed E-state index contributed by atoms with van der Waals surface area (Å²) < 4.78 is 46.9. The maximum atomic E-state index is 14.3. The standard InChI is InChI=1S/C33H23ClFN4O4S/c1-20-7-11-25(12-8-20)44(41,42)43-39(31-14-10-24(35)17-27(31)34)32-26-16-21(23-15-22-5-3-4-6-28(22)36-18-23)9-13-29(26)37-19-30(32)38(2)33(39)40/h3-19H,1-2H3/q+1. The number of fused-ring (bicyclic) bond motifs is 4. The van der Waals surface area contributed by atoms with Crippen molar-refractivity contribution in [3.05, 3.63) is 120 Å². The number of pyridine rings is 2. The molecule has 0 saturated carbocycles. The normalized spacial score (nSPS) is 16.5. The summed E-state index contributed by atoms with van der Waals surface area (Å²) in [7, 11) is -3.12. The highest BCUT2D eigenvalue weighted by molar-refractivity contribution is 7.86. The van der Waals surface area contributed by atoms with Gasteiger partial charge in [0.1, 0.15) is 16.5 Å². The quantitative estimate of drug-likeness (QED) is 0.180. The lowest BCUT2D eigenvalue weighted by Gasteiger charge is -2.27. The first-order valence-corrected chi connectivity index (χ1v) is 15.3. The fourth-order valence-corrected chi connectivity index (χ4v) is 6.88. The number of amides is 2. The van der Waals surface area contributed by atoms with Crippen LogP contribution < -0.4 is 9.55 Å². The number of hydrogen-bond donors (Lipinski definition) is 0. The number of nitrogens with zero attached hydrogens (tertiary/aromatic N) is 4. The van der Waals surface area contributed by atoms with E-state index in [0.29, 0.717) is 16.6 Å². The van der Waals surface area contributed by atoms with Crippen molar-refractivity contribution in [3.63, 3.8) is 0 Å². The molecule has 1 aliphatic heterocycles. The van der Waals surface area contributed by atoms with E-state index in [1.807, 2.05) is 49.4 Å². The second-order valence-electron chi connectivity index (χ2n) is 10.5. The van der Waals surface area contributed by atoms with Gasteiger partial charge in [0.25, 0.3) is 0 Å². The Morgan fingerprint density at radius 1 is 0.864 bits per heavy atom. The molecule has 1 unspecified atom stereocenters. The number of hydrogen-bond acceptors (Lipinski definition) is 6. The maximum Gasteiger partial charge on any atom is 0.468 e. The van der Waals surface area contributed by atoms with Crippen LogP contribution in [0.5, 0.6) is 0 Å². The number of aromatic nitrogens is 2. The van der Waals surface area contributed by atoms with Crippen LogP contribution in [-0.2, 0) is 14.4 Å². The largest absolute Gasteiger partial charge is 0.468 e. The predicted octanol–water partition coefficient (Wildman–Crippen LogP) is 8.08. The van der Waals surface area contributed by atoms with Gasteiger partial charge in [0.05, 0.1) is 27.5 Å². The fourth-order valence-electron chi connectivity index (χ4n) is 5.53. The van der Waals surface area contributed by atoms with Crippen LogP contribution in [0.1, 0.15) is 5.56 Å². The zero-order valence-corrected chi connectivity index (χ0v) is 25.0. The number of carbonyl (C=O) groups is 1. The molecule has 4 aromatic carbocycles. The van der Waals surface area contributed by atoms with Gasteiger partial charge in [0.2, 0.25) is 11.4 Å². The Labute approximate surface area is 257 Å². The first-order valence-electron chi connectivity index (χ1n) is 13.5. The Hall–Kier alpha value is -4.74. The molecule has 6 aromatic rings. The summed E-state index contributed by atoms with van der Waals surface area (Å²) in [4.78, 5) is 24.6. The summed E-state index contributed by atoms with van der Waals surface area (Å²) in [6.07, 6.45) is 3.22. The molecule has 0 spiro atoms. The number of anilines is 1. The van der Waals surface area contributed by atoms with Crippen molar-refractivity contribution in [2.24, 2.45) is 0 Å². The van der Waals surface area contributed by atoms with Gasteiger partial charge in [0, 0.05) is 30.3 Å². The molecule has 3 heterocycles. The first kappa shape index (κ1) is 28.1. The Morgan fingerprint density at radius 3 is 2.39 bits per heavy atom. The van der Waals surface area contributed by atoms with Crippen LogP contribution in [0, 0.1) is 12.7 Å². The molecule has 0 fully saturated rings. The van der Waals surface area contributed by atoms with Crippen molar-refractivity contribution in [2.45, 2.75) is 11.8 Å². The Bertz CT molecular complexity index is 2260. The van der Waals surface area contributed by atoms with Crippen molar-refractivity contribution < 1.29 is 21.9 Å². The molecule has 0 bridgehead atoms. The van der Waals surface area contributed by atoms with Gasteiger partial charge in [-0.2, -0.15) is 8.42 Å². The average Bonchev–Trinajstić information content (AvgIpc) is 3.22. The van der Waals surface area contributed by atoms with Gasteiger partial charge in [0.15, 0.2) is 0 Å². The molecule has 0 radical (unpaired) electrons. The minimum absolute atomic E-state index is 0.0790. The van der Waals surface area contributed by atoms with E-state index in [4.69, 9.17) is 15.9 Å². The van der Waals surface area contributed by atoms with Crippen LogP contribution in [0.15, 0.2) is 108 Å². The van der Waals surface area contributed by atoms with Crippen LogP contribution in [0.2, 0.25) is 5.02 Å². The summed E-state index contributed by atoms with van der Waals surface area (Å²) in [5, 5.41) is 1.18. The van der Waals surface area contributed by atoms with Crippen LogP contribution >= 0.6 is 11.6 Å². The van der Waals surface area contributed by atoms with E-state index in [9.17, 15) is 17.6 Å². The smallest absolute Gasteiger partial charge is 0.256 e. The molecular weight excluding hydrogens is 603 g/mol. The van der Waals surface area contributed by atoms with Gasteiger partial charge in [-0.15, -0.1) is 0 Å². The van der Waals surface area contributed by atoms with Gasteiger partial charge < -0.3 is 0 Å². The van der Waals surface area contributed by atoms with E-state index in [1.165, 1.54) is 36.3 Å². The zero-order chi connectivity index (χ0) is 30.8. The molecule has 2 amide bonds. The molecule has 0 N–H and O–H groups in total. The lowest BCUT2D eigenvalue weighted by Crippen LogP contribution is -2.51. The second-order valence-corrected chi connectivity index (χ2v) is 12.5. The lowest BCUT2D eigenvalue weighted by molar-refractivity contribution is 0.0639. The number of halogens is 2. The highest BCUT2D eigenvalue weighted by atomic mass is 35.5. The summed E-state index contributed by atoms with van der Waals surface area (Å²) in [5.74, 6) is -0.663. The minimum atomic E-state index is -4.61. The maximum absolute atomic E-state index is 14.3. The molecule has 2 aromatic heterocycles. The number of carbonyl (C=O) groups excluding carboxylic acids is 1. The number of urea groups is 1. The van der Waals surface area contributed by atoms with Gasteiger partial charge in [-0.25, -0.2) is 9.18 Å². The van der Waals surface area contributed by atoms with Gasteiger partial charge in [-0.1, -0.05) is 53.6 Å². The first-order chi connectivity index (χ1) is 21.1. The minimum Gasteiger partial charge on any atom is -0.256 e. The average molecular weight is 626 g/mol. The Kier molecular flexibility index (Phi) is 6.49. The third-order valence-electron chi connectivity index (χ3n) is 7.75. The van der Waals surface area contributed by atoms with Crippen molar-refractivity contribution in [1.29, 1.82) is 0 Å². The van der Waals surface area contributed by atoms with Crippen LogP contribution in [0.3, 0.4) is 0 Å². The van der Waals surface area contributed by atoms with Crippen molar-refractivity contribution >= 4 is 66.6 Å². The number of rotatable bonds is 5. The van der Waals surface area contributed by atoms with Crippen molar-refractivity contribution in [1.82, 2.24) is 14.6 Å². The predicted molar refractivity (Wildman–Crippen MR) is 169 cm³/mol. The second kappa shape index (κ2) is 10.2. The van der Waals surface area contributed by atoms with E-state index < -0.39 is 26.6 Å². The molecule has 44 heavy (non-hydrogen) atoms. The molecule has 0 saturated heterocycles. The monoisotopic (exact) mass is 625 g/mol. The van der Waals surface area contributed by atoms with E-state index in [1.54, 1.807) is 24.4 Å².